The van der Waals surface area contributed by atoms with Gasteiger partial charge in [0, 0.05) is 5.69 Å². The van der Waals surface area contributed by atoms with Gasteiger partial charge >= 0.3 is 0 Å². The number of para-hydroxylation sites is 1. The van der Waals surface area contributed by atoms with Crippen LogP contribution in [0.1, 0.15) is 44.2 Å². The predicted molar refractivity (Wildman–Crippen MR) is 113 cm³/mol. The number of nitrogens with zero attached hydrogens (tertiary/aromatic N) is 4. The van der Waals surface area contributed by atoms with Crippen LogP contribution in [-0.4, -0.2) is 31.4 Å². The Morgan fingerprint density at radius 3 is 2.57 bits per heavy atom. The Hall–Kier alpha value is -2.67. The van der Waals surface area contributed by atoms with Gasteiger partial charge in [0.25, 0.3) is 0 Å². The van der Waals surface area contributed by atoms with Gasteiger partial charge in [-0.25, -0.2) is 0 Å². The van der Waals surface area contributed by atoms with Gasteiger partial charge in [0.05, 0.1) is 10.9 Å². The minimum atomic E-state index is -0.347. The third-order valence-corrected chi connectivity index (χ3v) is 5.77. The molecule has 2 atom stereocenters. The zero-order chi connectivity index (χ0) is 20.1. The van der Waals surface area contributed by atoms with Crippen LogP contribution in [0.4, 0.5) is 5.69 Å². The van der Waals surface area contributed by atoms with Crippen LogP contribution in [0.5, 0.6) is 0 Å². The van der Waals surface area contributed by atoms with E-state index in [1.165, 1.54) is 17.3 Å². The Labute approximate surface area is 169 Å². The fraction of sp³-hybridized carbons (Fsp3) is 0.333. The van der Waals surface area contributed by atoms with E-state index in [1.54, 1.807) is 4.68 Å². The van der Waals surface area contributed by atoms with E-state index in [9.17, 15) is 4.79 Å². The van der Waals surface area contributed by atoms with Gasteiger partial charge in [0.1, 0.15) is 0 Å². The molecule has 28 heavy (non-hydrogen) atoms. The molecule has 0 radical (unpaired) electrons. The number of amides is 1. The molecular weight excluding hydrogens is 370 g/mol. The molecule has 0 unspecified atom stereocenters. The number of hydrogen-bond acceptors (Lipinski definition) is 5. The molecule has 6 nitrogen and oxygen atoms in total. The molecule has 0 saturated heterocycles. The van der Waals surface area contributed by atoms with E-state index in [2.05, 4.69) is 40.8 Å². The molecule has 0 fully saturated rings. The number of tetrazole rings is 1. The summed E-state index contributed by atoms with van der Waals surface area (Å²) >= 11 is 1.34. The van der Waals surface area contributed by atoms with Crippen molar-refractivity contribution in [1.29, 1.82) is 0 Å². The monoisotopic (exact) mass is 395 g/mol. The van der Waals surface area contributed by atoms with Gasteiger partial charge < -0.3 is 5.32 Å². The number of anilines is 1. The Bertz CT molecular complexity index is 938. The minimum Gasteiger partial charge on any atom is -0.325 e. The van der Waals surface area contributed by atoms with Gasteiger partial charge in [0.15, 0.2) is 0 Å². The summed E-state index contributed by atoms with van der Waals surface area (Å²) in [6.45, 7) is 8.20. The molecule has 3 aromatic rings. The van der Waals surface area contributed by atoms with E-state index < -0.39 is 0 Å². The van der Waals surface area contributed by atoms with Crippen molar-refractivity contribution in [1.82, 2.24) is 20.2 Å². The van der Waals surface area contributed by atoms with Crippen molar-refractivity contribution < 1.29 is 4.79 Å². The van der Waals surface area contributed by atoms with Crippen LogP contribution in [0, 0.1) is 6.92 Å². The molecule has 0 spiro atoms. The number of aryl methyl sites for hydroxylation is 1. The fourth-order valence-electron chi connectivity index (χ4n) is 2.81. The Morgan fingerprint density at radius 1 is 1.14 bits per heavy atom. The molecule has 0 aliphatic rings. The van der Waals surface area contributed by atoms with E-state index in [1.807, 2.05) is 56.3 Å². The fourth-order valence-corrected chi connectivity index (χ4v) is 3.61. The van der Waals surface area contributed by atoms with E-state index in [-0.39, 0.29) is 11.2 Å². The van der Waals surface area contributed by atoms with Crippen molar-refractivity contribution >= 4 is 23.4 Å². The first-order valence-electron chi connectivity index (χ1n) is 9.41. The Morgan fingerprint density at radius 2 is 1.86 bits per heavy atom. The third kappa shape index (κ3) is 4.59. The maximum Gasteiger partial charge on any atom is 0.237 e. The first-order chi connectivity index (χ1) is 13.5. The summed E-state index contributed by atoms with van der Waals surface area (Å²) in [7, 11) is 0. The molecule has 3 rings (SSSR count). The summed E-state index contributed by atoms with van der Waals surface area (Å²) in [5.74, 6) is 0.313. The first-order valence-corrected chi connectivity index (χ1v) is 10.3. The van der Waals surface area contributed by atoms with Gasteiger partial charge in [-0.15, -0.1) is 5.10 Å². The molecular formula is C21H25N5OS. The van der Waals surface area contributed by atoms with Crippen molar-refractivity contribution in [3.63, 3.8) is 0 Å². The smallest absolute Gasteiger partial charge is 0.237 e. The summed E-state index contributed by atoms with van der Waals surface area (Å²) in [5.41, 5.74) is 4.05. The molecule has 2 aromatic carbocycles. The molecule has 1 aromatic heterocycles. The lowest BCUT2D eigenvalue weighted by Gasteiger charge is -2.17. The Balaban J connectivity index is 1.73. The van der Waals surface area contributed by atoms with Crippen molar-refractivity contribution in [3.05, 3.63) is 59.7 Å². The highest BCUT2D eigenvalue weighted by Gasteiger charge is 2.20. The minimum absolute atomic E-state index is 0.0702. The zero-order valence-corrected chi connectivity index (χ0v) is 17.4. The molecule has 0 aliphatic heterocycles. The normalized spacial score (nSPS) is 13.1. The quantitative estimate of drug-likeness (QED) is 0.592. The summed E-state index contributed by atoms with van der Waals surface area (Å²) in [5, 5.41) is 15.2. The highest BCUT2D eigenvalue weighted by Crippen LogP contribution is 2.28. The summed E-state index contributed by atoms with van der Waals surface area (Å²) < 4.78 is 1.65. The number of aromatic nitrogens is 4. The predicted octanol–water partition coefficient (Wildman–Crippen LogP) is 4.60. The van der Waals surface area contributed by atoms with Crippen molar-refractivity contribution in [2.75, 3.05) is 5.32 Å². The van der Waals surface area contributed by atoms with Gasteiger partial charge in [-0.2, -0.15) is 4.68 Å². The standard InChI is InChI=1S/C21H25N5OS/c1-5-15(3)18-8-6-7-9-19(18)22-20(27)16(4)28-21-23-24-25-26(21)17-12-10-14(2)11-13-17/h6-13,15-16H,5H2,1-4H3,(H,22,27)/t15-,16+/m0/s1. The van der Waals surface area contributed by atoms with Crippen molar-refractivity contribution in [3.8, 4) is 5.69 Å². The van der Waals surface area contributed by atoms with Gasteiger partial charge in [-0.1, -0.05) is 61.5 Å². The lowest BCUT2D eigenvalue weighted by molar-refractivity contribution is -0.115. The third-order valence-electron chi connectivity index (χ3n) is 4.73. The lowest BCUT2D eigenvalue weighted by atomic mass is 9.97. The summed E-state index contributed by atoms with van der Waals surface area (Å²) in [4.78, 5) is 12.8. The lowest BCUT2D eigenvalue weighted by Crippen LogP contribution is -2.23. The number of hydrogen-bond donors (Lipinski definition) is 1. The second-order valence-corrected chi connectivity index (χ2v) is 8.16. The van der Waals surface area contributed by atoms with Crippen molar-refractivity contribution in [2.45, 2.75) is 50.4 Å². The summed E-state index contributed by atoms with van der Waals surface area (Å²) in [6, 6.07) is 15.9. The molecule has 0 bridgehead atoms. The van der Waals surface area contributed by atoms with E-state index in [0.29, 0.717) is 11.1 Å². The number of thioether (sulfide) groups is 1. The number of rotatable bonds is 7. The van der Waals surface area contributed by atoms with Gasteiger partial charge in [0.2, 0.25) is 11.1 Å². The average Bonchev–Trinajstić information content (AvgIpc) is 3.16. The highest BCUT2D eigenvalue weighted by atomic mass is 32.2. The molecule has 0 aliphatic carbocycles. The highest BCUT2D eigenvalue weighted by molar-refractivity contribution is 8.00. The zero-order valence-electron chi connectivity index (χ0n) is 16.6. The van der Waals surface area contributed by atoms with Crippen LogP contribution >= 0.6 is 11.8 Å². The molecule has 1 amide bonds. The van der Waals surface area contributed by atoms with Crippen LogP contribution < -0.4 is 5.32 Å². The average molecular weight is 396 g/mol. The molecule has 0 saturated carbocycles. The molecule has 7 heteroatoms. The second kappa shape index (κ2) is 9.01. The Kier molecular flexibility index (Phi) is 6.46. The number of carbonyl (C=O) groups excluding carboxylic acids is 1. The van der Waals surface area contributed by atoms with Crippen LogP contribution in [0.15, 0.2) is 53.7 Å². The first kappa shape index (κ1) is 20.1. The maximum atomic E-state index is 12.8. The summed E-state index contributed by atoms with van der Waals surface area (Å²) in [6.07, 6.45) is 1.02. The largest absolute Gasteiger partial charge is 0.325 e. The number of benzene rings is 2. The SMILES string of the molecule is CC[C@H](C)c1ccccc1NC(=O)[C@@H](C)Sc1nnnn1-c1ccc(C)cc1. The van der Waals surface area contributed by atoms with Crippen LogP contribution in [0.2, 0.25) is 0 Å². The maximum absolute atomic E-state index is 12.8. The van der Waals surface area contributed by atoms with Crippen LogP contribution in [0.25, 0.3) is 5.69 Å². The van der Waals surface area contributed by atoms with E-state index >= 15 is 0 Å². The topological polar surface area (TPSA) is 72.7 Å². The number of carbonyl (C=O) groups is 1. The van der Waals surface area contributed by atoms with Crippen LogP contribution in [-0.2, 0) is 4.79 Å². The van der Waals surface area contributed by atoms with Crippen molar-refractivity contribution in [2.24, 2.45) is 0 Å². The molecule has 146 valence electrons. The van der Waals surface area contributed by atoms with Crippen LogP contribution in [0.3, 0.4) is 0 Å². The second-order valence-electron chi connectivity index (χ2n) is 6.85. The van der Waals surface area contributed by atoms with Gasteiger partial charge in [-0.3, -0.25) is 4.79 Å². The van der Waals surface area contributed by atoms with E-state index in [0.717, 1.165) is 23.4 Å². The molecule has 1 N–H and O–H groups in total. The van der Waals surface area contributed by atoms with Gasteiger partial charge in [-0.05, 0) is 60.4 Å². The molecule has 1 heterocycles. The number of nitrogens with one attached hydrogen (secondary N) is 1. The van der Waals surface area contributed by atoms with E-state index in [4.69, 9.17) is 0 Å².